The van der Waals surface area contributed by atoms with Crippen LogP contribution in [0.2, 0.25) is 0 Å². The summed E-state index contributed by atoms with van der Waals surface area (Å²) in [4.78, 5) is 14.2. The molecule has 0 bridgehead atoms. The Bertz CT molecular complexity index is 711. The van der Waals surface area contributed by atoms with E-state index in [-0.39, 0.29) is 5.91 Å². The van der Waals surface area contributed by atoms with Crippen molar-refractivity contribution < 1.29 is 14.3 Å². The number of hydrogen-bond acceptors (Lipinski definition) is 4. The summed E-state index contributed by atoms with van der Waals surface area (Å²) in [5, 5.41) is 3.00. The predicted molar refractivity (Wildman–Crippen MR) is 122 cm³/mol. The first kappa shape index (κ1) is 23.4. The number of hydrogen-bond donors (Lipinski definition) is 1. The fourth-order valence-corrected chi connectivity index (χ4v) is 4.04. The molecule has 5 heteroatoms. The SMILES string of the molecule is CCCC[C@H](CC)COCCCNC(=O)c1ccc(-c2ccc(OCC)cc2)s1. The van der Waals surface area contributed by atoms with E-state index < -0.39 is 0 Å². The molecule has 0 saturated carbocycles. The summed E-state index contributed by atoms with van der Waals surface area (Å²) in [5.74, 6) is 1.52. The Labute approximate surface area is 179 Å². The molecule has 0 saturated heterocycles. The van der Waals surface area contributed by atoms with Gasteiger partial charge in [0, 0.05) is 24.6 Å². The maximum absolute atomic E-state index is 12.4. The van der Waals surface area contributed by atoms with Crippen LogP contribution >= 0.6 is 11.3 Å². The lowest BCUT2D eigenvalue weighted by Gasteiger charge is -2.14. The van der Waals surface area contributed by atoms with Crippen molar-refractivity contribution in [2.75, 3.05) is 26.4 Å². The van der Waals surface area contributed by atoms with Crippen LogP contribution in [0.4, 0.5) is 0 Å². The molecule has 1 atom stereocenters. The maximum atomic E-state index is 12.4. The molecule has 1 aromatic carbocycles. The molecular formula is C24H35NO3S. The number of rotatable bonds is 14. The first-order chi connectivity index (χ1) is 14.2. The van der Waals surface area contributed by atoms with Crippen LogP contribution in [0.3, 0.4) is 0 Å². The van der Waals surface area contributed by atoms with Gasteiger partial charge in [-0.15, -0.1) is 11.3 Å². The molecule has 1 heterocycles. The predicted octanol–water partition coefficient (Wildman–Crippen LogP) is 6.17. The molecule has 0 unspecified atom stereocenters. The van der Waals surface area contributed by atoms with Gasteiger partial charge in [-0.25, -0.2) is 0 Å². The second-order valence-corrected chi connectivity index (χ2v) is 8.31. The number of nitrogens with one attached hydrogen (secondary N) is 1. The topological polar surface area (TPSA) is 47.6 Å². The third-order valence-corrected chi connectivity index (χ3v) is 6.06. The van der Waals surface area contributed by atoms with Gasteiger partial charge in [0.15, 0.2) is 0 Å². The fraction of sp³-hybridized carbons (Fsp3) is 0.542. The molecule has 2 aromatic rings. The minimum absolute atomic E-state index is 0.0124. The van der Waals surface area contributed by atoms with Crippen molar-refractivity contribution in [2.45, 2.75) is 52.9 Å². The van der Waals surface area contributed by atoms with Crippen LogP contribution < -0.4 is 10.1 Å². The van der Waals surface area contributed by atoms with E-state index in [0.717, 1.165) is 34.1 Å². The highest BCUT2D eigenvalue weighted by Crippen LogP contribution is 2.29. The molecule has 1 N–H and O–H groups in total. The Morgan fingerprint density at radius 2 is 1.86 bits per heavy atom. The maximum Gasteiger partial charge on any atom is 0.261 e. The summed E-state index contributed by atoms with van der Waals surface area (Å²) in [6.07, 6.45) is 5.78. The van der Waals surface area contributed by atoms with Crippen molar-refractivity contribution in [3.63, 3.8) is 0 Å². The molecular weight excluding hydrogens is 382 g/mol. The van der Waals surface area contributed by atoms with Crippen molar-refractivity contribution in [1.82, 2.24) is 5.32 Å². The van der Waals surface area contributed by atoms with Gasteiger partial charge < -0.3 is 14.8 Å². The van der Waals surface area contributed by atoms with Crippen LogP contribution in [-0.4, -0.2) is 32.3 Å². The molecule has 160 valence electrons. The molecule has 0 aliphatic carbocycles. The zero-order chi connectivity index (χ0) is 20.9. The molecule has 4 nitrogen and oxygen atoms in total. The quantitative estimate of drug-likeness (QED) is 0.374. The van der Waals surface area contributed by atoms with Crippen LogP contribution in [-0.2, 0) is 4.74 Å². The van der Waals surface area contributed by atoms with Gasteiger partial charge in [0.1, 0.15) is 5.75 Å². The molecule has 0 radical (unpaired) electrons. The highest BCUT2D eigenvalue weighted by atomic mass is 32.1. The van der Waals surface area contributed by atoms with E-state index in [1.165, 1.54) is 37.0 Å². The van der Waals surface area contributed by atoms with Gasteiger partial charge in [0.25, 0.3) is 5.91 Å². The van der Waals surface area contributed by atoms with Gasteiger partial charge in [-0.3, -0.25) is 4.79 Å². The van der Waals surface area contributed by atoms with E-state index in [0.29, 0.717) is 25.7 Å². The number of carbonyl (C=O) groups is 1. The van der Waals surface area contributed by atoms with E-state index in [2.05, 4.69) is 19.2 Å². The zero-order valence-electron chi connectivity index (χ0n) is 18.0. The first-order valence-corrected chi connectivity index (χ1v) is 11.7. The Hall–Kier alpha value is -1.85. The molecule has 0 spiro atoms. The third kappa shape index (κ3) is 8.19. The van der Waals surface area contributed by atoms with Crippen LogP contribution in [0.15, 0.2) is 36.4 Å². The molecule has 2 rings (SSSR count). The average Bonchev–Trinajstić information content (AvgIpc) is 3.24. The minimum Gasteiger partial charge on any atom is -0.494 e. The van der Waals surface area contributed by atoms with Crippen molar-refractivity contribution >= 4 is 17.2 Å². The van der Waals surface area contributed by atoms with Crippen LogP contribution in [0.25, 0.3) is 10.4 Å². The molecule has 1 amide bonds. The number of benzene rings is 1. The number of thiophene rings is 1. The summed E-state index contributed by atoms with van der Waals surface area (Å²) in [5.41, 5.74) is 1.10. The smallest absolute Gasteiger partial charge is 0.261 e. The molecule has 29 heavy (non-hydrogen) atoms. The number of carbonyl (C=O) groups excluding carboxylic acids is 1. The average molecular weight is 418 g/mol. The van der Waals surface area contributed by atoms with Crippen molar-refractivity contribution in [1.29, 1.82) is 0 Å². The largest absolute Gasteiger partial charge is 0.494 e. The summed E-state index contributed by atoms with van der Waals surface area (Å²) in [6, 6.07) is 11.9. The van der Waals surface area contributed by atoms with Crippen LogP contribution in [0.1, 0.15) is 62.5 Å². The van der Waals surface area contributed by atoms with E-state index in [1.807, 2.05) is 43.3 Å². The van der Waals surface area contributed by atoms with Gasteiger partial charge in [-0.05, 0) is 67.6 Å². The van der Waals surface area contributed by atoms with E-state index in [9.17, 15) is 4.79 Å². The van der Waals surface area contributed by atoms with Crippen molar-refractivity contribution in [3.05, 3.63) is 41.3 Å². The molecule has 0 aliphatic rings. The Kier molecular flexibility index (Phi) is 10.8. The van der Waals surface area contributed by atoms with Gasteiger partial charge >= 0.3 is 0 Å². The van der Waals surface area contributed by atoms with Gasteiger partial charge in [0.05, 0.1) is 11.5 Å². The standard InChI is InChI=1S/C24H35NO3S/c1-4-7-9-19(5-2)18-27-17-8-16-25-24(26)23-15-14-22(29-23)20-10-12-21(13-11-20)28-6-3/h10-15,19H,4-9,16-18H2,1-3H3,(H,25,26)/t19-/m0/s1. The summed E-state index contributed by atoms with van der Waals surface area (Å²) in [6.45, 7) is 9.26. The first-order valence-electron chi connectivity index (χ1n) is 10.9. The van der Waals surface area contributed by atoms with Crippen LogP contribution in [0, 0.1) is 5.92 Å². The number of unbranched alkanes of at least 4 members (excludes halogenated alkanes) is 1. The van der Waals surface area contributed by atoms with E-state index in [4.69, 9.17) is 9.47 Å². The van der Waals surface area contributed by atoms with Crippen molar-refractivity contribution in [2.24, 2.45) is 5.92 Å². The molecule has 0 fully saturated rings. The van der Waals surface area contributed by atoms with E-state index in [1.54, 1.807) is 0 Å². The summed E-state index contributed by atoms with van der Waals surface area (Å²) in [7, 11) is 0. The summed E-state index contributed by atoms with van der Waals surface area (Å²) < 4.78 is 11.3. The highest BCUT2D eigenvalue weighted by Gasteiger charge is 2.10. The third-order valence-electron chi connectivity index (χ3n) is 4.93. The molecule has 1 aromatic heterocycles. The van der Waals surface area contributed by atoms with Crippen molar-refractivity contribution in [3.8, 4) is 16.2 Å². The Morgan fingerprint density at radius 3 is 2.55 bits per heavy atom. The fourth-order valence-electron chi connectivity index (χ4n) is 3.11. The van der Waals surface area contributed by atoms with Gasteiger partial charge in [0.2, 0.25) is 0 Å². The molecule has 0 aliphatic heterocycles. The second-order valence-electron chi connectivity index (χ2n) is 7.22. The van der Waals surface area contributed by atoms with Gasteiger partial charge in [-0.1, -0.05) is 33.1 Å². The lowest BCUT2D eigenvalue weighted by molar-refractivity contribution is 0.0877. The monoisotopic (exact) mass is 417 g/mol. The van der Waals surface area contributed by atoms with E-state index >= 15 is 0 Å². The minimum atomic E-state index is -0.0124. The lowest BCUT2D eigenvalue weighted by Crippen LogP contribution is -2.24. The van der Waals surface area contributed by atoms with Gasteiger partial charge in [-0.2, -0.15) is 0 Å². The second kappa shape index (κ2) is 13.4. The Morgan fingerprint density at radius 1 is 1.07 bits per heavy atom. The number of ether oxygens (including phenoxy) is 2. The highest BCUT2D eigenvalue weighted by molar-refractivity contribution is 7.17. The zero-order valence-corrected chi connectivity index (χ0v) is 18.9. The lowest BCUT2D eigenvalue weighted by atomic mass is 10.0. The Balaban J connectivity index is 1.69. The number of amides is 1. The van der Waals surface area contributed by atoms with Crippen LogP contribution in [0.5, 0.6) is 5.75 Å². The summed E-state index contributed by atoms with van der Waals surface area (Å²) >= 11 is 1.51. The normalized spacial score (nSPS) is 12.0.